The van der Waals surface area contributed by atoms with Crippen LogP contribution in [-0.4, -0.2) is 52.4 Å². The minimum absolute atomic E-state index is 0.0725. The molecule has 6 aliphatic rings. The molecule has 0 aromatic rings. The summed E-state index contributed by atoms with van der Waals surface area (Å²) in [4.78, 5) is 38.9. The summed E-state index contributed by atoms with van der Waals surface area (Å²) in [6.45, 7) is 16.6. The molecule has 0 bridgehead atoms. The summed E-state index contributed by atoms with van der Waals surface area (Å²) >= 11 is 0. The van der Waals surface area contributed by atoms with E-state index in [9.17, 15) is 24.6 Å². The van der Waals surface area contributed by atoms with Crippen LogP contribution in [0, 0.1) is 33.5 Å². The van der Waals surface area contributed by atoms with E-state index in [2.05, 4.69) is 78.8 Å². The standard InChI is InChI=1S/C44H60O7/c1-27-21-31(46)24-40(3,4)34(27)11-9-10-12-35-28(2)22-32(25-41(35,5)6)51-39(48)50-26-38(47)44(49)20-17-37-33-14-13-29-23-30(45)15-18-42(29,7)36(33)16-19-43(37,44)8/h9-12,16,23,31-33,37,46,49H,13-15,17-22,24-26H2,1-8H3/b11-9+,12-10+/t31-,32-,33?,37?,42+,43+,44+/m1/s1. The lowest BCUT2D eigenvalue weighted by molar-refractivity contribution is -0.156. The molecule has 2 saturated carbocycles. The van der Waals surface area contributed by atoms with E-state index in [0.717, 1.165) is 37.7 Å². The fourth-order valence-corrected chi connectivity index (χ4v) is 11.5. The summed E-state index contributed by atoms with van der Waals surface area (Å²) in [6, 6.07) is 0. The molecule has 2 fully saturated rings. The molecule has 6 aliphatic carbocycles. The number of allylic oxidation sites excluding steroid dienone is 10. The zero-order chi connectivity index (χ0) is 37.1. The Morgan fingerprint density at radius 3 is 2.20 bits per heavy atom. The van der Waals surface area contributed by atoms with Crippen molar-refractivity contribution in [3.8, 4) is 0 Å². The summed E-state index contributed by atoms with van der Waals surface area (Å²) < 4.78 is 11.2. The molecule has 51 heavy (non-hydrogen) atoms. The average Bonchev–Trinajstić information content (AvgIpc) is 3.31. The Labute approximate surface area is 305 Å². The average molecular weight is 701 g/mol. The highest BCUT2D eigenvalue weighted by Gasteiger charge is 2.64. The lowest BCUT2D eigenvalue weighted by atomic mass is 9.50. The lowest BCUT2D eigenvalue weighted by Crippen LogP contribution is -2.55. The number of hydrogen-bond acceptors (Lipinski definition) is 7. The maximum absolute atomic E-state index is 13.7. The number of ketones is 2. The van der Waals surface area contributed by atoms with Gasteiger partial charge in [0.2, 0.25) is 5.78 Å². The quantitative estimate of drug-likeness (QED) is 0.155. The number of fused-ring (bicyclic) bond motifs is 5. The van der Waals surface area contributed by atoms with Gasteiger partial charge in [-0.25, -0.2) is 4.79 Å². The molecule has 0 heterocycles. The third-order valence-electron chi connectivity index (χ3n) is 14.1. The van der Waals surface area contributed by atoms with Gasteiger partial charge in [-0.3, -0.25) is 9.59 Å². The van der Waals surface area contributed by atoms with Crippen LogP contribution in [0.3, 0.4) is 0 Å². The minimum atomic E-state index is -1.58. The number of Topliss-reactive ketones (excluding diaryl/α,β-unsaturated/α-hetero) is 1. The fraction of sp³-hybridized carbons (Fsp3) is 0.659. The van der Waals surface area contributed by atoms with E-state index in [0.29, 0.717) is 38.5 Å². The molecule has 0 spiro atoms. The number of aliphatic hydroxyl groups excluding tert-OH is 1. The molecule has 6 rings (SSSR count). The summed E-state index contributed by atoms with van der Waals surface area (Å²) in [6.07, 6.45) is 18.6. The van der Waals surface area contributed by atoms with E-state index in [-0.39, 0.29) is 46.1 Å². The molecule has 0 aliphatic heterocycles. The molecule has 7 nitrogen and oxygen atoms in total. The Morgan fingerprint density at radius 1 is 0.902 bits per heavy atom. The number of carbonyl (C=O) groups excluding carboxylic acids is 3. The van der Waals surface area contributed by atoms with Crippen LogP contribution in [0.15, 0.2) is 69.9 Å². The number of rotatable bonds is 7. The molecular weight excluding hydrogens is 640 g/mol. The smallest absolute Gasteiger partial charge is 0.431 e. The molecule has 2 unspecified atom stereocenters. The highest BCUT2D eigenvalue weighted by atomic mass is 16.7. The molecule has 0 saturated heterocycles. The van der Waals surface area contributed by atoms with Gasteiger partial charge in [0.15, 0.2) is 12.4 Å². The Kier molecular flexibility index (Phi) is 9.93. The predicted octanol–water partition coefficient (Wildman–Crippen LogP) is 9.01. The van der Waals surface area contributed by atoms with Crippen LogP contribution in [0.2, 0.25) is 0 Å². The topological polar surface area (TPSA) is 110 Å². The van der Waals surface area contributed by atoms with Crippen LogP contribution in [0.5, 0.6) is 0 Å². The molecule has 7 heteroatoms. The molecule has 7 atom stereocenters. The maximum Gasteiger partial charge on any atom is 0.508 e. The number of ether oxygens (including phenoxy) is 2. The predicted molar refractivity (Wildman–Crippen MR) is 199 cm³/mol. The van der Waals surface area contributed by atoms with Crippen molar-refractivity contribution < 1.29 is 34.1 Å². The van der Waals surface area contributed by atoms with Crippen LogP contribution in [0.25, 0.3) is 0 Å². The van der Waals surface area contributed by atoms with Crippen molar-refractivity contribution in [3.05, 3.63) is 69.9 Å². The highest BCUT2D eigenvalue weighted by molar-refractivity contribution is 5.92. The maximum atomic E-state index is 13.7. The third kappa shape index (κ3) is 6.71. The molecule has 2 N–H and O–H groups in total. The van der Waals surface area contributed by atoms with Crippen molar-refractivity contribution in [2.75, 3.05) is 6.61 Å². The molecular formula is C44H60O7. The summed E-state index contributed by atoms with van der Waals surface area (Å²) in [5, 5.41) is 22.2. The van der Waals surface area contributed by atoms with E-state index in [1.807, 2.05) is 13.0 Å². The SMILES string of the molecule is CC1=C(/C=C/C=C/C2=C(C)C[C@@H](OC(=O)OCC(=O)[C@@]3(O)CCC4C5CCC6=CC(=O)CC[C@]6(C)C5=CC[C@@]43C)CC2(C)C)C(C)(C)C[C@H](O)C1. The first-order chi connectivity index (χ1) is 23.8. The number of aliphatic hydroxyl groups is 2. The second-order valence-electron chi connectivity index (χ2n) is 18.4. The van der Waals surface area contributed by atoms with Gasteiger partial charge in [0.1, 0.15) is 11.7 Å². The molecule has 0 amide bonds. The van der Waals surface area contributed by atoms with Gasteiger partial charge in [-0.15, -0.1) is 0 Å². The second-order valence-corrected chi connectivity index (χ2v) is 18.4. The first-order valence-electron chi connectivity index (χ1n) is 19.3. The van der Waals surface area contributed by atoms with E-state index < -0.39 is 29.6 Å². The fourth-order valence-electron chi connectivity index (χ4n) is 11.5. The summed E-state index contributed by atoms with van der Waals surface area (Å²) in [5.74, 6) is 0.194. The van der Waals surface area contributed by atoms with Gasteiger partial charge in [0.25, 0.3) is 0 Å². The summed E-state index contributed by atoms with van der Waals surface area (Å²) in [5.41, 5.74) is 4.85. The lowest BCUT2D eigenvalue weighted by Gasteiger charge is -2.54. The third-order valence-corrected chi connectivity index (χ3v) is 14.1. The van der Waals surface area contributed by atoms with E-state index in [1.165, 1.54) is 27.9 Å². The van der Waals surface area contributed by atoms with Gasteiger partial charge >= 0.3 is 6.16 Å². The Balaban J connectivity index is 1.06. The minimum Gasteiger partial charge on any atom is -0.431 e. The zero-order valence-electron chi connectivity index (χ0n) is 32.2. The molecule has 0 aromatic heterocycles. The van der Waals surface area contributed by atoms with E-state index in [1.54, 1.807) is 0 Å². The van der Waals surface area contributed by atoms with Gasteiger partial charge < -0.3 is 19.7 Å². The van der Waals surface area contributed by atoms with Crippen molar-refractivity contribution in [1.29, 1.82) is 0 Å². The molecule has 0 aromatic carbocycles. The Bertz CT molecular complexity index is 1660. The van der Waals surface area contributed by atoms with E-state index in [4.69, 9.17) is 9.47 Å². The van der Waals surface area contributed by atoms with Crippen molar-refractivity contribution >= 4 is 17.7 Å². The largest absolute Gasteiger partial charge is 0.508 e. The Hall–Kier alpha value is -3.03. The first kappa shape index (κ1) is 37.7. The van der Waals surface area contributed by atoms with Crippen molar-refractivity contribution in [2.45, 2.75) is 144 Å². The van der Waals surface area contributed by atoms with Gasteiger partial charge in [-0.2, -0.15) is 0 Å². The van der Waals surface area contributed by atoms with Gasteiger partial charge in [0, 0.05) is 23.7 Å². The monoisotopic (exact) mass is 700 g/mol. The van der Waals surface area contributed by atoms with Crippen LogP contribution >= 0.6 is 0 Å². The van der Waals surface area contributed by atoms with Gasteiger partial charge in [0.05, 0.1) is 6.10 Å². The Morgan fingerprint density at radius 2 is 1.55 bits per heavy atom. The summed E-state index contributed by atoms with van der Waals surface area (Å²) in [7, 11) is 0. The van der Waals surface area contributed by atoms with Crippen LogP contribution in [-0.2, 0) is 19.1 Å². The number of carbonyl (C=O) groups is 3. The van der Waals surface area contributed by atoms with Crippen LogP contribution in [0.1, 0.15) is 126 Å². The second kappa shape index (κ2) is 13.4. The van der Waals surface area contributed by atoms with E-state index >= 15 is 0 Å². The van der Waals surface area contributed by atoms with Crippen molar-refractivity contribution in [2.24, 2.45) is 33.5 Å². The normalized spacial score (nSPS) is 37.5. The molecule has 278 valence electrons. The number of hydrogen-bond donors (Lipinski definition) is 2. The zero-order valence-corrected chi connectivity index (χ0v) is 32.2. The van der Waals surface area contributed by atoms with Crippen molar-refractivity contribution in [3.63, 3.8) is 0 Å². The van der Waals surface area contributed by atoms with Gasteiger partial charge in [-0.1, -0.05) is 94.2 Å². The van der Waals surface area contributed by atoms with Crippen molar-refractivity contribution in [1.82, 2.24) is 0 Å². The van der Waals surface area contributed by atoms with Gasteiger partial charge in [-0.05, 0) is 112 Å². The highest BCUT2D eigenvalue weighted by Crippen LogP contribution is 2.65. The van der Waals surface area contributed by atoms with Crippen LogP contribution < -0.4 is 0 Å². The van der Waals surface area contributed by atoms with Crippen LogP contribution in [0.4, 0.5) is 4.79 Å². The first-order valence-corrected chi connectivity index (χ1v) is 19.3. The molecule has 0 radical (unpaired) electrons.